The molecule has 6 rings (SSSR count). The van der Waals surface area contributed by atoms with Crippen LogP contribution in [0.25, 0.3) is 22.3 Å². The second-order valence-electron chi connectivity index (χ2n) is 9.15. The van der Waals surface area contributed by atoms with Crippen LogP contribution in [0.5, 0.6) is 17.6 Å². The molecule has 10 nitrogen and oxygen atoms in total. The molecule has 42 heavy (non-hydrogen) atoms. The molecule has 1 N–H and O–H groups in total. The minimum atomic E-state index is -1.05. The van der Waals surface area contributed by atoms with E-state index >= 15 is 0 Å². The van der Waals surface area contributed by atoms with Crippen LogP contribution in [0.15, 0.2) is 95.9 Å². The van der Waals surface area contributed by atoms with Crippen LogP contribution in [0.1, 0.15) is 27.2 Å². The normalized spacial score (nSPS) is 10.9. The van der Waals surface area contributed by atoms with E-state index in [-0.39, 0.29) is 30.3 Å². The Morgan fingerprint density at radius 1 is 1.05 bits per heavy atom. The summed E-state index contributed by atoms with van der Waals surface area (Å²) in [7, 11) is 0. The molecule has 0 aliphatic heterocycles. The van der Waals surface area contributed by atoms with Gasteiger partial charge in [-0.15, -0.1) is 0 Å². The second kappa shape index (κ2) is 11.2. The van der Waals surface area contributed by atoms with Crippen LogP contribution in [0.2, 0.25) is 0 Å². The van der Waals surface area contributed by atoms with E-state index in [1.54, 1.807) is 41.1 Å². The lowest BCUT2D eigenvalue weighted by Gasteiger charge is -2.10. The van der Waals surface area contributed by atoms with Crippen LogP contribution in [0, 0.1) is 17.1 Å². The van der Waals surface area contributed by atoms with Crippen LogP contribution in [0.4, 0.5) is 4.39 Å². The van der Waals surface area contributed by atoms with Crippen LogP contribution in [-0.4, -0.2) is 30.6 Å². The number of hydrogen-bond donors (Lipinski definition) is 1. The predicted molar refractivity (Wildman–Crippen MR) is 147 cm³/mol. The standard InChI is InChI=1S/C31H20FN5O5/c32-25-12-19(14-33)4-5-22(25)17-40-29-3-1-2-26(35-29)20-6-9-23(10-7-20)42-31-36-27-11-8-21(30(38)39)13-28(27)37(31)16-24-15-34-18-41-24/h1-13,15,18H,16-17H2,(H,38,39). The van der Waals surface area contributed by atoms with Crippen molar-refractivity contribution in [3.63, 3.8) is 0 Å². The SMILES string of the molecule is N#Cc1ccc(COc2cccc(-c3ccc(Oc4nc5ccc(C(=O)O)cc5n4Cc4cnco4)cc3)n2)c(F)c1. The van der Waals surface area contributed by atoms with E-state index < -0.39 is 11.8 Å². The number of carboxylic acid groups (broad SMARTS) is 1. The van der Waals surface area contributed by atoms with Gasteiger partial charge in [-0.25, -0.2) is 19.2 Å². The van der Waals surface area contributed by atoms with Crippen molar-refractivity contribution in [3.8, 4) is 35.0 Å². The van der Waals surface area contributed by atoms with Crippen molar-refractivity contribution in [1.82, 2.24) is 19.5 Å². The first-order valence-corrected chi connectivity index (χ1v) is 12.6. The van der Waals surface area contributed by atoms with Crippen LogP contribution >= 0.6 is 0 Å². The van der Waals surface area contributed by atoms with Crippen molar-refractivity contribution in [1.29, 1.82) is 5.26 Å². The Bertz CT molecular complexity index is 1950. The quantitative estimate of drug-likeness (QED) is 0.218. The van der Waals surface area contributed by atoms with E-state index in [2.05, 4.69) is 15.0 Å². The molecule has 6 aromatic rings. The first-order valence-electron chi connectivity index (χ1n) is 12.6. The lowest BCUT2D eigenvalue weighted by molar-refractivity contribution is 0.0697. The molecule has 0 atom stereocenters. The van der Waals surface area contributed by atoms with Crippen LogP contribution in [0.3, 0.4) is 0 Å². The van der Waals surface area contributed by atoms with Crippen molar-refractivity contribution in [2.24, 2.45) is 0 Å². The molecule has 0 amide bonds. The average Bonchev–Trinajstić information content (AvgIpc) is 3.65. The zero-order valence-corrected chi connectivity index (χ0v) is 21.8. The summed E-state index contributed by atoms with van der Waals surface area (Å²) in [6.07, 6.45) is 2.88. The Labute approximate surface area is 237 Å². The van der Waals surface area contributed by atoms with Gasteiger partial charge in [0.05, 0.1) is 46.7 Å². The van der Waals surface area contributed by atoms with E-state index in [0.29, 0.717) is 39.7 Å². The number of carboxylic acids is 1. The molecule has 3 aromatic carbocycles. The highest BCUT2D eigenvalue weighted by Gasteiger charge is 2.17. The number of oxazole rings is 1. The van der Waals surface area contributed by atoms with Crippen molar-refractivity contribution in [3.05, 3.63) is 120 Å². The van der Waals surface area contributed by atoms with Gasteiger partial charge in [0, 0.05) is 17.2 Å². The highest BCUT2D eigenvalue weighted by atomic mass is 19.1. The number of nitriles is 1. The lowest BCUT2D eigenvalue weighted by Crippen LogP contribution is -2.03. The molecule has 11 heteroatoms. The van der Waals surface area contributed by atoms with Gasteiger partial charge in [0.1, 0.15) is 23.9 Å². The predicted octanol–water partition coefficient (Wildman–Crippen LogP) is 6.21. The number of fused-ring (bicyclic) bond motifs is 1. The van der Waals surface area contributed by atoms with Gasteiger partial charge in [0.2, 0.25) is 5.88 Å². The summed E-state index contributed by atoms with van der Waals surface area (Å²) in [6.45, 7) is 0.194. The van der Waals surface area contributed by atoms with Gasteiger partial charge in [0.25, 0.3) is 0 Å². The molecule has 0 aliphatic carbocycles. The summed E-state index contributed by atoms with van der Waals surface area (Å²) in [5.74, 6) is -0.205. The van der Waals surface area contributed by atoms with Crippen LogP contribution < -0.4 is 9.47 Å². The number of imidazole rings is 1. The monoisotopic (exact) mass is 561 g/mol. The first kappa shape index (κ1) is 26.2. The summed E-state index contributed by atoms with van der Waals surface area (Å²) in [4.78, 5) is 24.6. The number of rotatable bonds is 9. The van der Waals surface area contributed by atoms with Crippen molar-refractivity contribution in [2.45, 2.75) is 13.2 Å². The zero-order chi connectivity index (χ0) is 29.1. The van der Waals surface area contributed by atoms with Gasteiger partial charge in [-0.2, -0.15) is 10.2 Å². The fraction of sp³-hybridized carbons (Fsp3) is 0.0645. The number of carbonyl (C=O) groups is 1. The van der Waals surface area contributed by atoms with Crippen molar-refractivity contribution in [2.75, 3.05) is 0 Å². The Balaban J connectivity index is 1.21. The molecule has 3 heterocycles. The molecule has 0 unspecified atom stereocenters. The third-order valence-electron chi connectivity index (χ3n) is 6.40. The summed E-state index contributed by atoms with van der Waals surface area (Å²) < 4.78 is 33.1. The maximum Gasteiger partial charge on any atom is 0.335 e. The topological polar surface area (TPSA) is 136 Å². The molecule has 0 radical (unpaired) electrons. The maximum absolute atomic E-state index is 14.2. The largest absolute Gasteiger partial charge is 0.478 e. The van der Waals surface area contributed by atoms with E-state index in [4.69, 9.17) is 19.2 Å². The van der Waals surface area contributed by atoms with E-state index in [0.717, 1.165) is 5.56 Å². The van der Waals surface area contributed by atoms with E-state index in [1.807, 2.05) is 24.3 Å². The molecule has 0 saturated carbocycles. The highest BCUT2D eigenvalue weighted by Crippen LogP contribution is 2.30. The van der Waals surface area contributed by atoms with Crippen molar-refractivity contribution < 1.29 is 28.2 Å². The van der Waals surface area contributed by atoms with Crippen LogP contribution in [-0.2, 0) is 13.2 Å². The minimum Gasteiger partial charge on any atom is -0.478 e. The van der Waals surface area contributed by atoms with Gasteiger partial charge < -0.3 is 19.0 Å². The summed E-state index contributed by atoms with van der Waals surface area (Å²) in [5.41, 5.74) is 3.24. The number of aromatic nitrogens is 4. The molecular formula is C31H20FN5O5. The molecule has 0 saturated heterocycles. The average molecular weight is 562 g/mol. The van der Waals surface area contributed by atoms with E-state index in [1.165, 1.54) is 36.7 Å². The fourth-order valence-corrected chi connectivity index (χ4v) is 4.28. The third kappa shape index (κ3) is 5.50. The molecule has 3 aromatic heterocycles. The Hall–Kier alpha value is -6.02. The number of pyridine rings is 1. The first-order chi connectivity index (χ1) is 20.5. The minimum absolute atomic E-state index is 0.0379. The molecule has 0 spiro atoms. The maximum atomic E-state index is 14.2. The number of ether oxygens (including phenoxy) is 2. The molecule has 0 fully saturated rings. The highest BCUT2D eigenvalue weighted by molar-refractivity contribution is 5.92. The number of hydrogen-bond acceptors (Lipinski definition) is 8. The van der Waals surface area contributed by atoms with Gasteiger partial charge in [-0.1, -0.05) is 12.1 Å². The Morgan fingerprint density at radius 2 is 1.90 bits per heavy atom. The van der Waals surface area contributed by atoms with Gasteiger partial charge in [-0.3, -0.25) is 4.57 Å². The number of aromatic carboxylic acids is 1. The zero-order valence-electron chi connectivity index (χ0n) is 21.8. The summed E-state index contributed by atoms with van der Waals surface area (Å²) in [5, 5.41) is 18.4. The summed E-state index contributed by atoms with van der Waals surface area (Å²) in [6, 6.07) is 23.5. The third-order valence-corrected chi connectivity index (χ3v) is 6.40. The number of halogens is 1. The van der Waals surface area contributed by atoms with Gasteiger partial charge in [0.15, 0.2) is 6.39 Å². The van der Waals surface area contributed by atoms with Gasteiger partial charge in [-0.05, 0) is 60.7 Å². The van der Waals surface area contributed by atoms with Gasteiger partial charge >= 0.3 is 12.0 Å². The molecule has 0 bridgehead atoms. The lowest BCUT2D eigenvalue weighted by atomic mass is 10.1. The number of nitrogens with zero attached hydrogens (tertiary/aromatic N) is 5. The molecular weight excluding hydrogens is 541 g/mol. The Kier molecular flexibility index (Phi) is 7.01. The van der Waals surface area contributed by atoms with Crippen molar-refractivity contribution >= 4 is 17.0 Å². The molecule has 206 valence electrons. The summed E-state index contributed by atoms with van der Waals surface area (Å²) >= 11 is 0. The Morgan fingerprint density at radius 3 is 2.64 bits per heavy atom. The second-order valence-corrected chi connectivity index (χ2v) is 9.15. The smallest absolute Gasteiger partial charge is 0.335 e. The fourth-order valence-electron chi connectivity index (χ4n) is 4.28. The molecule has 0 aliphatic rings. The van der Waals surface area contributed by atoms with E-state index in [9.17, 15) is 14.3 Å². The number of benzene rings is 3.